The predicted molar refractivity (Wildman–Crippen MR) is 170 cm³/mol. The molecule has 11 heteroatoms. The van der Waals surface area contributed by atoms with Gasteiger partial charge in [0.05, 0.1) is 5.69 Å². The van der Waals surface area contributed by atoms with Crippen LogP contribution in [-0.4, -0.2) is 41.4 Å². The number of para-hydroxylation sites is 1. The third kappa shape index (κ3) is 6.90. The second-order valence-electron chi connectivity index (χ2n) is 9.87. The number of hydrogen-bond donors (Lipinski definition) is 4. The Morgan fingerprint density at radius 2 is 1.55 bits per heavy atom. The van der Waals surface area contributed by atoms with E-state index < -0.39 is 11.7 Å². The minimum atomic E-state index is -0.781. The van der Waals surface area contributed by atoms with Gasteiger partial charge in [-0.05, 0) is 85.5 Å². The number of benzene rings is 3. The highest BCUT2D eigenvalue weighted by Crippen LogP contribution is 2.28. The number of anilines is 1. The number of amides is 2. The number of hydrogen-bond acceptors (Lipinski definition) is 3. The van der Waals surface area contributed by atoms with Crippen molar-refractivity contribution in [1.29, 1.82) is 0 Å². The fourth-order valence-corrected chi connectivity index (χ4v) is 5.49. The standard InChI is InChI=1S/C21H19ClFN3O2.C10H11ClN2.ClH/c22-14-5-6-18-16(11-14)13(12-25-18)7-9-24-20(27)15-8-10-26(21(15)28)19-4-2-1-3-17(19)23;11-8-1-2-10-9(5-8)7(3-4-12)6-13-10;/h1-6,11-12,15,25H,7-10H2,(H,24,27);1-2,5-6,13H,3-4,12H2;1H. The summed E-state index contributed by atoms with van der Waals surface area (Å²) in [6, 6.07) is 17.6. The van der Waals surface area contributed by atoms with Gasteiger partial charge in [-0.3, -0.25) is 9.59 Å². The van der Waals surface area contributed by atoms with Gasteiger partial charge in [-0.2, -0.15) is 0 Å². The molecule has 1 unspecified atom stereocenters. The van der Waals surface area contributed by atoms with Crippen molar-refractivity contribution >= 4 is 74.9 Å². The number of halogens is 4. The summed E-state index contributed by atoms with van der Waals surface area (Å²) in [5, 5.41) is 6.45. The van der Waals surface area contributed by atoms with E-state index in [0.717, 1.165) is 33.4 Å². The molecule has 1 aliphatic rings. The number of aromatic nitrogens is 2. The third-order valence-corrected chi connectivity index (χ3v) is 7.70. The average molecular weight is 631 g/mol. The van der Waals surface area contributed by atoms with Crippen LogP contribution in [0.2, 0.25) is 10.0 Å². The number of nitrogens with two attached hydrogens (primary N) is 1. The number of nitrogens with one attached hydrogen (secondary N) is 3. The first-order valence-electron chi connectivity index (χ1n) is 13.4. The lowest BCUT2D eigenvalue weighted by Crippen LogP contribution is -2.37. The molecule has 0 spiro atoms. The number of aromatic amines is 2. The molecule has 1 saturated heterocycles. The summed E-state index contributed by atoms with van der Waals surface area (Å²) in [6.45, 7) is 1.40. The molecule has 2 amide bonds. The molecule has 1 aliphatic heterocycles. The lowest BCUT2D eigenvalue weighted by molar-refractivity contribution is -0.132. The van der Waals surface area contributed by atoms with E-state index in [1.807, 2.05) is 48.8 Å². The van der Waals surface area contributed by atoms with Crippen LogP contribution < -0.4 is 16.0 Å². The fraction of sp³-hybridized carbons (Fsp3) is 0.226. The molecule has 1 fully saturated rings. The maximum Gasteiger partial charge on any atom is 0.239 e. The van der Waals surface area contributed by atoms with Crippen molar-refractivity contribution in [3.8, 4) is 0 Å². The molecule has 5 N–H and O–H groups in total. The Morgan fingerprint density at radius 3 is 2.14 bits per heavy atom. The Kier molecular flexibility index (Phi) is 10.5. The maximum absolute atomic E-state index is 14.0. The van der Waals surface area contributed by atoms with Crippen LogP contribution in [0.1, 0.15) is 17.5 Å². The second-order valence-corrected chi connectivity index (χ2v) is 10.7. The molecule has 3 heterocycles. The Balaban J connectivity index is 0.000000243. The van der Waals surface area contributed by atoms with Crippen molar-refractivity contribution in [2.45, 2.75) is 19.3 Å². The van der Waals surface area contributed by atoms with E-state index in [4.69, 9.17) is 28.9 Å². The van der Waals surface area contributed by atoms with Crippen molar-refractivity contribution in [2.24, 2.45) is 11.7 Å². The Morgan fingerprint density at radius 1 is 0.952 bits per heavy atom. The molecule has 3 aromatic carbocycles. The topological polar surface area (TPSA) is 107 Å². The van der Waals surface area contributed by atoms with E-state index in [-0.39, 0.29) is 29.9 Å². The van der Waals surface area contributed by atoms with Gasteiger partial charge >= 0.3 is 0 Å². The minimum absolute atomic E-state index is 0. The summed E-state index contributed by atoms with van der Waals surface area (Å²) < 4.78 is 14.0. The van der Waals surface area contributed by atoms with E-state index in [9.17, 15) is 14.0 Å². The SMILES string of the molecule is Cl.NCCc1c[nH]c2ccc(Cl)cc12.O=C(NCCc1c[nH]c2ccc(Cl)cc12)C1CCN(c2ccccc2F)C1=O. The highest BCUT2D eigenvalue weighted by atomic mass is 35.5. The molecule has 6 rings (SSSR count). The van der Waals surface area contributed by atoms with Crippen molar-refractivity contribution in [1.82, 2.24) is 15.3 Å². The van der Waals surface area contributed by atoms with Crippen LogP contribution in [-0.2, 0) is 22.4 Å². The smallest absolute Gasteiger partial charge is 0.239 e. The summed E-state index contributed by atoms with van der Waals surface area (Å²) in [6.07, 6.45) is 5.77. The second kappa shape index (κ2) is 14.1. The first-order valence-corrected chi connectivity index (χ1v) is 14.2. The number of carbonyl (C=O) groups is 2. The predicted octanol–water partition coefficient (Wildman–Crippen LogP) is 6.42. The molecule has 2 aromatic heterocycles. The summed E-state index contributed by atoms with van der Waals surface area (Å²) in [5.41, 5.74) is 10.1. The van der Waals surface area contributed by atoms with E-state index in [2.05, 4.69) is 15.3 Å². The van der Waals surface area contributed by atoms with Gasteiger partial charge in [0.2, 0.25) is 11.8 Å². The Hall–Kier alpha value is -3.56. The quantitative estimate of drug-likeness (QED) is 0.156. The highest BCUT2D eigenvalue weighted by Gasteiger charge is 2.38. The van der Waals surface area contributed by atoms with Gasteiger partial charge in [0, 0.05) is 57.3 Å². The summed E-state index contributed by atoms with van der Waals surface area (Å²) >= 11 is 12.0. The van der Waals surface area contributed by atoms with Gasteiger partial charge in [0.1, 0.15) is 11.7 Å². The van der Waals surface area contributed by atoms with E-state index in [0.29, 0.717) is 37.5 Å². The van der Waals surface area contributed by atoms with Crippen molar-refractivity contribution in [3.05, 3.63) is 100 Å². The number of nitrogens with zero attached hydrogens (tertiary/aromatic N) is 1. The van der Waals surface area contributed by atoms with Crippen LogP contribution in [0, 0.1) is 11.7 Å². The van der Waals surface area contributed by atoms with Gasteiger partial charge in [-0.25, -0.2) is 4.39 Å². The van der Waals surface area contributed by atoms with E-state index in [1.165, 1.54) is 21.9 Å². The zero-order valence-corrected chi connectivity index (χ0v) is 25.0. The van der Waals surface area contributed by atoms with Crippen molar-refractivity contribution in [3.63, 3.8) is 0 Å². The maximum atomic E-state index is 14.0. The van der Waals surface area contributed by atoms with Crippen LogP contribution in [0.4, 0.5) is 10.1 Å². The van der Waals surface area contributed by atoms with Gasteiger partial charge in [-0.1, -0.05) is 35.3 Å². The molecule has 220 valence electrons. The summed E-state index contributed by atoms with van der Waals surface area (Å²) in [4.78, 5) is 32.8. The highest BCUT2D eigenvalue weighted by molar-refractivity contribution is 6.31. The van der Waals surface area contributed by atoms with Crippen LogP contribution in [0.5, 0.6) is 0 Å². The fourth-order valence-electron chi connectivity index (χ4n) is 5.15. The molecule has 5 aromatic rings. The molecule has 1 atom stereocenters. The monoisotopic (exact) mass is 629 g/mol. The average Bonchev–Trinajstić information content (AvgIpc) is 3.66. The van der Waals surface area contributed by atoms with Gasteiger partial charge in [-0.15, -0.1) is 12.4 Å². The Bertz CT molecular complexity index is 1700. The lowest BCUT2D eigenvalue weighted by Gasteiger charge is -2.17. The lowest BCUT2D eigenvalue weighted by atomic mass is 10.1. The summed E-state index contributed by atoms with van der Waals surface area (Å²) in [5.74, 6) is -1.92. The third-order valence-electron chi connectivity index (χ3n) is 7.23. The van der Waals surface area contributed by atoms with Crippen molar-refractivity contribution in [2.75, 3.05) is 24.5 Å². The first-order chi connectivity index (χ1) is 19.9. The van der Waals surface area contributed by atoms with Gasteiger partial charge in [0.15, 0.2) is 0 Å². The zero-order chi connectivity index (χ0) is 28.9. The van der Waals surface area contributed by atoms with Crippen LogP contribution in [0.3, 0.4) is 0 Å². The summed E-state index contributed by atoms with van der Waals surface area (Å²) in [7, 11) is 0. The van der Waals surface area contributed by atoms with Crippen LogP contribution in [0.25, 0.3) is 21.8 Å². The number of carbonyl (C=O) groups excluding carboxylic acids is 2. The molecule has 7 nitrogen and oxygen atoms in total. The van der Waals surface area contributed by atoms with E-state index in [1.54, 1.807) is 18.2 Å². The number of H-pyrrole nitrogens is 2. The number of fused-ring (bicyclic) bond motifs is 2. The van der Waals surface area contributed by atoms with Gasteiger partial charge in [0.25, 0.3) is 0 Å². The van der Waals surface area contributed by atoms with Gasteiger partial charge < -0.3 is 25.9 Å². The molecular formula is C31H31Cl3FN5O2. The molecule has 0 aliphatic carbocycles. The normalized spacial score (nSPS) is 14.5. The molecule has 42 heavy (non-hydrogen) atoms. The minimum Gasteiger partial charge on any atom is -0.361 e. The van der Waals surface area contributed by atoms with Crippen molar-refractivity contribution < 1.29 is 14.0 Å². The largest absolute Gasteiger partial charge is 0.361 e. The zero-order valence-electron chi connectivity index (χ0n) is 22.6. The van der Waals surface area contributed by atoms with Crippen LogP contribution >= 0.6 is 35.6 Å². The number of rotatable bonds is 7. The molecular weight excluding hydrogens is 600 g/mol. The van der Waals surface area contributed by atoms with Crippen LogP contribution in [0.15, 0.2) is 73.1 Å². The molecule has 0 bridgehead atoms. The molecule has 0 radical (unpaired) electrons. The Labute approximate surface area is 259 Å². The van der Waals surface area contributed by atoms with E-state index >= 15 is 0 Å². The first kappa shape index (κ1) is 31.4. The molecule has 0 saturated carbocycles.